The van der Waals surface area contributed by atoms with Gasteiger partial charge in [-0.25, -0.2) is 9.97 Å². The van der Waals surface area contributed by atoms with E-state index in [1.54, 1.807) is 21.0 Å². The summed E-state index contributed by atoms with van der Waals surface area (Å²) in [5.41, 5.74) is 1.70. The van der Waals surface area contributed by atoms with Gasteiger partial charge in [0.25, 0.3) is 5.88 Å². The Hall–Kier alpha value is -2.46. The lowest BCUT2D eigenvalue weighted by molar-refractivity contribution is -0.140. The minimum absolute atomic E-state index is 0.138. The lowest BCUT2D eigenvalue weighted by Gasteiger charge is -2.24. The van der Waals surface area contributed by atoms with Gasteiger partial charge in [-0.15, -0.1) is 0 Å². The molecule has 0 saturated carbocycles. The molecule has 0 atom stereocenters. The summed E-state index contributed by atoms with van der Waals surface area (Å²) in [4.78, 5) is 22.6. The maximum absolute atomic E-state index is 9.70. The number of nitrogens with zero attached hydrogens (tertiary/aromatic N) is 3. The van der Waals surface area contributed by atoms with Crippen molar-refractivity contribution in [3.05, 3.63) is 28.8 Å². The number of nitrogens with one attached hydrogen (secondary N) is 2. The van der Waals surface area contributed by atoms with Crippen molar-refractivity contribution in [2.75, 3.05) is 25.5 Å². The molecule has 3 rings (SSSR count). The lowest BCUT2D eigenvalue weighted by Crippen LogP contribution is -2.34. The van der Waals surface area contributed by atoms with Crippen molar-refractivity contribution < 1.29 is 19.4 Å². The van der Waals surface area contributed by atoms with Crippen molar-refractivity contribution in [3.63, 3.8) is 0 Å². The van der Waals surface area contributed by atoms with Crippen LogP contribution in [0.4, 0.5) is 11.5 Å². The summed E-state index contributed by atoms with van der Waals surface area (Å²) in [6, 6.07) is 3.80. The number of carbonyl (C=O) groups is 1. The highest BCUT2D eigenvalue weighted by atomic mass is 79.9. The minimum atomic E-state index is -0.741. The SMILES string of the molecule is CC(C)C(=O)O.COc1c(Nc2ccc(Br)nc2C)ncnc1OC1CCNCC1. The molecule has 0 amide bonds. The third kappa shape index (κ3) is 7.10. The highest BCUT2D eigenvalue weighted by Gasteiger charge is 2.20. The van der Waals surface area contributed by atoms with Gasteiger partial charge in [0.05, 0.1) is 24.4 Å². The fourth-order valence-electron chi connectivity index (χ4n) is 2.58. The topological polar surface area (TPSA) is 118 Å². The van der Waals surface area contributed by atoms with Gasteiger partial charge in [0.15, 0.2) is 5.82 Å². The molecule has 2 aromatic rings. The van der Waals surface area contributed by atoms with E-state index in [1.807, 2.05) is 19.1 Å². The first-order valence-corrected chi connectivity index (χ1v) is 10.5. The monoisotopic (exact) mass is 481 g/mol. The van der Waals surface area contributed by atoms with E-state index in [1.165, 1.54) is 6.33 Å². The third-order valence-electron chi connectivity index (χ3n) is 4.34. The molecule has 3 N–H and O–H groups in total. The Balaban J connectivity index is 0.000000469. The molecule has 30 heavy (non-hydrogen) atoms. The maximum Gasteiger partial charge on any atom is 0.305 e. The molecule has 1 saturated heterocycles. The minimum Gasteiger partial charge on any atom is -0.489 e. The summed E-state index contributed by atoms with van der Waals surface area (Å²) >= 11 is 3.36. The number of ether oxygens (including phenoxy) is 2. The van der Waals surface area contributed by atoms with Crippen LogP contribution in [0.2, 0.25) is 0 Å². The van der Waals surface area contributed by atoms with Crippen molar-refractivity contribution in [2.45, 2.75) is 39.7 Å². The number of anilines is 2. The van der Waals surface area contributed by atoms with Gasteiger partial charge in [0.1, 0.15) is 17.0 Å². The third-order valence-corrected chi connectivity index (χ3v) is 4.78. The summed E-state index contributed by atoms with van der Waals surface area (Å²) < 4.78 is 12.3. The second kappa shape index (κ2) is 11.7. The molecule has 2 aromatic heterocycles. The largest absolute Gasteiger partial charge is 0.489 e. The number of rotatable bonds is 6. The zero-order valence-electron chi connectivity index (χ0n) is 17.6. The number of aliphatic carboxylic acids is 1. The lowest BCUT2D eigenvalue weighted by atomic mass is 10.1. The quantitative estimate of drug-likeness (QED) is 0.531. The first-order chi connectivity index (χ1) is 14.3. The van der Waals surface area contributed by atoms with E-state index < -0.39 is 5.97 Å². The second-order valence-corrected chi connectivity index (χ2v) is 7.83. The smallest absolute Gasteiger partial charge is 0.305 e. The van der Waals surface area contributed by atoms with Gasteiger partial charge in [0, 0.05) is 0 Å². The molecule has 0 radical (unpaired) electrons. The summed E-state index contributed by atoms with van der Waals surface area (Å²) in [5.74, 6) is 0.548. The molecular weight excluding hydrogens is 454 g/mol. The number of aromatic nitrogens is 3. The van der Waals surface area contributed by atoms with Crippen LogP contribution in [0, 0.1) is 12.8 Å². The Labute approximate surface area is 184 Å². The van der Waals surface area contributed by atoms with Gasteiger partial charge in [-0.3, -0.25) is 4.79 Å². The Morgan fingerprint density at radius 1 is 1.30 bits per heavy atom. The molecule has 1 aliphatic rings. The molecule has 1 aliphatic heterocycles. The van der Waals surface area contributed by atoms with Crippen molar-refractivity contribution in [1.29, 1.82) is 0 Å². The predicted molar refractivity (Wildman–Crippen MR) is 118 cm³/mol. The van der Waals surface area contributed by atoms with Crippen molar-refractivity contribution in [1.82, 2.24) is 20.3 Å². The molecule has 0 aromatic carbocycles. The van der Waals surface area contributed by atoms with Crippen LogP contribution < -0.4 is 20.1 Å². The van der Waals surface area contributed by atoms with Gasteiger partial charge >= 0.3 is 5.97 Å². The molecule has 9 nitrogen and oxygen atoms in total. The Morgan fingerprint density at radius 2 is 1.97 bits per heavy atom. The number of hydrogen-bond acceptors (Lipinski definition) is 8. The zero-order valence-corrected chi connectivity index (χ0v) is 19.2. The van der Waals surface area contributed by atoms with Crippen LogP contribution in [-0.4, -0.2) is 52.3 Å². The van der Waals surface area contributed by atoms with Crippen LogP contribution in [0.15, 0.2) is 23.1 Å². The maximum atomic E-state index is 9.70. The summed E-state index contributed by atoms with van der Waals surface area (Å²) in [6.07, 6.45) is 3.51. The fraction of sp³-hybridized carbons (Fsp3) is 0.500. The van der Waals surface area contributed by atoms with E-state index in [4.69, 9.17) is 14.6 Å². The van der Waals surface area contributed by atoms with E-state index in [9.17, 15) is 4.79 Å². The van der Waals surface area contributed by atoms with Crippen LogP contribution in [0.25, 0.3) is 0 Å². The average molecular weight is 482 g/mol. The van der Waals surface area contributed by atoms with Crippen LogP contribution in [0.5, 0.6) is 11.6 Å². The molecule has 1 fully saturated rings. The number of hydrogen-bond donors (Lipinski definition) is 3. The zero-order chi connectivity index (χ0) is 22.1. The standard InChI is InChI=1S/C16H20BrN5O2.C4H8O2/c1-10-12(3-4-13(17)21-10)22-15-14(23-2)16(20-9-19-15)24-11-5-7-18-8-6-11;1-3(2)4(5)6/h3-4,9,11,18H,5-8H2,1-2H3,(H,19,20,22);3H,1-2H3,(H,5,6). The van der Waals surface area contributed by atoms with Crippen LogP contribution in [0.1, 0.15) is 32.4 Å². The fourth-order valence-corrected chi connectivity index (χ4v) is 2.97. The molecule has 10 heteroatoms. The van der Waals surface area contributed by atoms with Gasteiger partial charge < -0.3 is 25.2 Å². The van der Waals surface area contributed by atoms with Gasteiger partial charge in [-0.1, -0.05) is 13.8 Å². The summed E-state index contributed by atoms with van der Waals surface area (Å²) in [6.45, 7) is 7.11. The highest BCUT2D eigenvalue weighted by Crippen LogP contribution is 2.34. The second-order valence-electron chi connectivity index (χ2n) is 7.01. The summed E-state index contributed by atoms with van der Waals surface area (Å²) in [7, 11) is 1.59. The molecular formula is C20H28BrN5O4. The van der Waals surface area contributed by atoms with Gasteiger partial charge in [0.2, 0.25) is 5.75 Å². The normalized spacial score (nSPS) is 13.9. The van der Waals surface area contributed by atoms with E-state index in [0.29, 0.717) is 17.4 Å². The van der Waals surface area contributed by atoms with Crippen LogP contribution >= 0.6 is 15.9 Å². The molecule has 0 bridgehead atoms. The molecule has 0 spiro atoms. The number of carboxylic acid groups (broad SMARTS) is 1. The van der Waals surface area contributed by atoms with E-state index in [0.717, 1.165) is 41.9 Å². The number of methoxy groups -OCH3 is 1. The number of aryl methyl sites for hydroxylation is 1. The Morgan fingerprint density at radius 3 is 2.53 bits per heavy atom. The van der Waals surface area contributed by atoms with Crippen molar-refractivity contribution in [3.8, 4) is 11.6 Å². The number of pyridine rings is 1. The van der Waals surface area contributed by atoms with E-state index >= 15 is 0 Å². The van der Waals surface area contributed by atoms with Gasteiger partial charge in [-0.05, 0) is 60.9 Å². The first kappa shape index (κ1) is 23.8. The average Bonchev–Trinajstić information content (AvgIpc) is 2.71. The molecule has 0 aliphatic carbocycles. The van der Waals surface area contributed by atoms with E-state index in [-0.39, 0.29) is 12.0 Å². The predicted octanol–water partition coefficient (Wildman–Crippen LogP) is 3.55. The number of halogens is 1. The molecule has 0 unspecified atom stereocenters. The Bertz CT molecular complexity index is 844. The summed E-state index contributed by atoms with van der Waals surface area (Å²) in [5, 5.41) is 14.6. The van der Waals surface area contributed by atoms with Gasteiger partial charge in [-0.2, -0.15) is 4.98 Å². The van der Waals surface area contributed by atoms with Crippen LogP contribution in [-0.2, 0) is 4.79 Å². The van der Waals surface area contributed by atoms with Crippen LogP contribution in [0.3, 0.4) is 0 Å². The van der Waals surface area contributed by atoms with Crippen molar-refractivity contribution in [2.24, 2.45) is 5.92 Å². The van der Waals surface area contributed by atoms with Crippen molar-refractivity contribution >= 4 is 33.4 Å². The van der Waals surface area contributed by atoms with E-state index in [2.05, 4.69) is 41.5 Å². The molecule has 164 valence electrons. The highest BCUT2D eigenvalue weighted by molar-refractivity contribution is 9.10. The molecule has 3 heterocycles. The number of carboxylic acids is 1. The number of piperidine rings is 1. The Kier molecular flexibility index (Phi) is 9.25. The first-order valence-electron chi connectivity index (χ1n) is 9.71.